The second-order valence-electron chi connectivity index (χ2n) is 5.97. The fraction of sp³-hybridized carbons (Fsp3) is 0.467. The molecule has 4 heteroatoms. The van der Waals surface area contributed by atoms with E-state index in [1.54, 1.807) is 0 Å². The molecule has 0 spiro atoms. The zero-order valence-corrected chi connectivity index (χ0v) is 13.0. The van der Waals surface area contributed by atoms with Crippen LogP contribution in [0.1, 0.15) is 39.3 Å². The van der Waals surface area contributed by atoms with E-state index in [9.17, 15) is 4.55 Å². The van der Waals surface area contributed by atoms with Crippen molar-refractivity contribution in [3.05, 3.63) is 36.0 Å². The minimum Gasteiger partial charge on any atom is -0.598 e. The van der Waals surface area contributed by atoms with Crippen LogP contribution in [-0.4, -0.2) is 13.9 Å². The molecule has 0 saturated carbocycles. The van der Waals surface area contributed by atoms with E-state index in [1.165, 1.54) is 10.9 Å². The zero-order valence-electron chi connectivity index (χ0n) is 12.2. The number of aromatic nitrogens is 1. The summed E-state index contributed by atoms with van der Waals surface area (Å²) in [6, 6.07) is 8.55. The standard InChI is InChI=1S/C15H22N2OS/c1-11(16-19(18)15(2,3)4)12-6-7-14-13(10-12)8-9-17(14)5/h6-11,16H,1-5H3. The lowest BCUT2D eigenvalue weighted by molar-refractivity contribution is 0.531. The molecule has 2 rings (SSSR count). The van der Waals surface area contributed by atoms with E-state index in [4.69, 9.17) is 0 Å². The number of benzene rings is 1. The molecule has 2 atom stereocenters. The highest BCUT2D eigenvalue weighted by molar-refractivity contribution is 7.90. The van der Waals surface area contributed by atoms with Gasteiger partial charge in [0.25, 0.3) is 0 Å². The van der Waals surface area contributed by atoms with Gasteiger partial charge in [-0.15, -0.1) is 4.72 Å². The van der Waals surface area contributed by atoms with Crippen LogP contribution in [0.15, 0.2) is 30.5 Å². The van der Waals surface area contributed by atoms with Crippen LogP contribution in [0, 0.1) is 0 Å². The van der Waals surface area contributed by atoms with Crippen molar-refractivity contribution in [3.63, 3.8) is 0 Å². The van der Waals surface area contributed by atoms with Crippen LogP contribution >= 0.6 is 0 Å². The van der Waals surface area contributed by atoms with Gasteiger partial charge in [-0.3, -0.25) is 0 Å². The van der Waals surface area contributed by atoms with E-state index in [2.05, 4.69) is 39.8 Å². The molecule has 0 aliphatic heterocycles. The van der Waals surface area contributed by atoms with Crippen molar-refractivity contribution in [1.29, 1.82) is 0 Å². The first-order chi connectivity index (χ1) is 8.79. The Hall–Kier alpha value is -0.970. The lowest BCUT2D eigenvalue weighted by Gasteiger charge is -2.26. The predicted octanol–water partition coefficient (Wildman–Crippen LogP) is 3.29. The van der Waals surface area contributed by atoms with Crippen molar-refractivity contribution < 1.29 is 4.55 Å². The summed E-state index contributed by atoms with van der Waals surface area (Å²) in [4.78, 5) is 0. The minimum absolute atomic E-state index is 0.0738. The molecule has 2 aromatic rings. The highest BCUT2D eigenvalue weighted by atomic mass is 32.2. The summed E-state index contributed by atoms with van der Waals surface area (Å²) in [5.41, 5.74) is 2.38. The predicted molar refractivity (Wildman–Crippen MR) is 82.4 cm³/mol. The van der Waals surface area contributed by atoms with Gasteiger partial charge in [-0.05, 0) is 56.8 Å². The largest absolute Gasteiger partial charge is 0.598 e. The summed E-state index contributed by atoms with van der Waals surface area (Å²) < 4.78 is 17.1. The molecule has 1 aromatic carbocycles. The van der Waals surface area contributed by atoms with Crippen molar-refractivity contribution in [2.75, 3.05) is 0 Å². The molecule has 0 amide bonds. The fourth-order valence-corrected chi connectivity index (χ4v) is 2.79. The third kappa shape index (κ3) is 3.14. The average molecular weight is 278 g/mol. The molecule has 0 aliphatic carbocycles. The molecule has 0 radical (unpaired) electrons. The molecule has 0 bridgehead atoms. The zero-order chi connectivity index (χ0) is 14.2. The van der Waals surface area contributed by atoms with Crippen molar-refractivity contribution >= 4 is 22.3 Å². The third-order valence-corrected chi connectivity index (χ3v) is 4.93. The van der Waals surface area contributed by atoms with Gasteiger partial charge in [0, 0.05) is 30.1 Å². The Morgan fingerprint density at radius 1 is 1.26 bits per heavy atom. The van der Waals surface area contributed by atoms with Gasteiger partial charge in [-0.1, -0.05) is 6.07 Å². The molecule has 104 valence electrons. The first kappa shape index (κ1) is 14.4. The molecular formula is C15H22N2OS. The SMILES string of the molecule is CC(N[S+]([O-])C(C)(C)C)c1ccc2c(ccn2C)c1. The number of rotatable bonds is 3. The molecule has 19 heavy (non-hydrogen) atoms. The molecule has 1 heterocycles. The molecular weight excluding hydrogens is 256 g/mol. The first-order valence-electron chi connectivity index (χ1n) is 6.52. The van der Waals surface area contributed by atoms with Crippen molar-refractivity contribution in [2.45, 2.75) is 38.5 Å². The van der Waals surface area contributed by atoms with Gasteiger partial charge in [0.15, 0.2) is 0 Å². The van der Waals surface area contributed by atoms with Crippen LogP contribution in [0.25, 0.3) is 10.9 Å². The second kappa shape index (κ2) is 5.19. The topological polar surface area (TPSA) is 40.0 Å². The number of hydrogen-bond acceptors (Lipinski definition) is 2. The van der Waals surface area contributed by atoms with E-state index >= 15 is 0 Å². The van der Waals surface area contributed by atoms with Gasteiger partial charge in [-0.2, -0.15) is 0 Å². The number of nitrogens with one attached hydrogen (secondary N) is 1. The fourth-order valence-electron chi connectivity index (χ4n) is 1.97. The van der Waals surface area contributed by atoms with Gasteiger partial charge in [-0.25, -0.2) is 0 Å². The van der Waals surface area contributed by atoms with Crippen LogP contribution in [0.3, 0.4) is 0 Å². The van der Waals surface area contributed by atoms with Crippen molar-refractivity contribution in [1.82, 2.24) is 9.29 Å². The Morgan fingerprint density at radius 3 is 2.58 bits per heavy atom. The lowest BCUT2D eigenvalue weighted by atomic mass is 10.1. The van der Waals surface area contributed by atoms with E-state index in [-0.39, 0.29) is 10.8 Å². The summed E-state index contributed by atoms with van der Waals surface area (Å²) in [6.45, 7) is 7.98. The van der Waals surface area contributed by atoms with Crippen LogP contribution < -0.4 is 4.72 Å². The maximum absolute atomic E-state index is 12.1. The first-order valence-corrected chi connectivity index (χ1v) is 7.67. The molecule has 2 unspecified atom stereocenters. The normalized spacial score (nSPS) is 15.7. The maximum Gasteiger partial charge on any atom is 0.136 e. The molecule has 0 saturated heterocycles. The van der Waals surface area contributed by atoms with E-state index in [0.717, 1.165) is 5.56 Å². The summed E-state index contributed by atoms with van der Waals surface area (Å²) >= 11 is -1.05. The van der Waals surface area contributed by atoms with Gasteiger partial charge in [0.1, 0.15) is 4.75 Å². The summed E-state index contributed by atoms with van der Waals surface area (Å²) in [5, 5.41) is 1.22. The second-order valence-corrected chi connectivity index (χ2v) is 7.96. The maximum atomic E-state index is 12.1. The smallest absolute Gasteiger partial charge is 0.136 e. The molecule has 1 N–H and O–H groups in total. The van der Waals surface area contributed by atoms with Gasteiger partial charge in [0.2, 0.25) is 0 Å². The Bertz CT molecular complexity index is 571. The van der Waals surface area contributed by atoms with Crippen molar-refractivity contribution in [2.24, 2.45) is 7.05 Å². The monoisotopic (exact) mass is 278 g/mol. The van der Waals surface area contributed by atoms with Gasteiger partial charge < -0.3 is 9.12 Å². The molecule has 0 aliphatic rings. The Kier molecular flexibility index (Phi) is 3.95. The highest BCUT2D eigenvalue weighted by Gasteiger charge is 2.28. The molecule has 1 aromatic heterocycles. The highest BCUT2D eigenvalue weighted by Crippen LogP contribution is 2.23. The lowest BCUT2D eigenvalue weighted by Crippen LogP contribution is -2.40. The van der Waals surface area contributed by atoms with E-state index in [1.807, 2.05) is 34.7 Å². The summed E-state index contributed by atoms with van der Waals surface area (Å²) in [6.07, 6.45) is 2.06. The molecule has 3 nitrogen and oxygen atoms in total. The van der Waals surface area contributed by atoms with Crippen LogP contribution in [0.2, 0.25) is 0 Å². The van der Waals surface area contributed by atoms with Crippen LogP contribution in [0.5, 0.6) is 0 Å². The number of aryl methyl sites for hydroxylation is 1. The quantitative estimate of drug-likeness (QED) is 0.875. The number of fused-ring (bicyclic) bond motifs is 1. The summed E-state index contributed by atoms with van der Waals surface area (Å²) in [7, 11) is 2.04. The van der Waals surface area contributed by atoms with Gasteiger partial charge in [0.05, 0.1) is 6.04 Å². The molecule has 0 fully saturated rings. The number of nitrogens with zero attached hydrogens (tertiary/aromatic N) is 1. The summed E-state index contributed by atoms with van der Waals surface area (Å²) in [5.74, 6) is 0. The van der Waals surface area contributed by atoms with Crippen molar-refractivity contribution in [3.8, 4) is 0 Å². The van der Waals surface area contributed by atoms with E-state index < -0.39 is 11.4 Å². The Balaban J connectivity index is 2.19. The van der Waals surface area contributed by atoms with Crippen LogP contribution in [0.4, 0.5) is 0 Å². The number of hydrogen-bond donors (Lipinski definition) is 1. The minimum atomic E-state index is -1.05. The van der Waals surface area contributed by atoms with Crippen LogP contribution in [-0.2, 0) is 18.4 Å². The van der Waals surface area contributed by atoms with E-state index in [0.29, 0.717) is 0 Å². The Labute approximate surface area is 118 Å². The average Bonchev–Trinajstić information content (AvgIpc) is 2.69. The van der Waals surface area contributed by atoms with Gasteiger partial charge >= 0.3 is 0 Å². The Morgan fingerprint density at radius 2 is 1.95 bits per heavy atom. The third-order valence-electron chi connectivity index (χ3n) is 3.25.